The van der Waals surface area contributed by atoms with Crippen molar-refractivity contribution in [1.82, 2.24) is 40.1 Å². The summed E-state index contributed by atoms with van der Waals surface area (Å²) in [4.78, 5) is 22.2. The highest BCUT2D eigenvalue weighted by Crippen LogP contribution is 2.29. The SMILES string of the molecule is CNc1nc2nc3c(n(C)nc13)C(=O)N[C@H](C)COCc1cc(c3nnn(C)c3c1)N2. The van der Waals surface area contributed by atoms with E-state index in [0.717, 1.165) is 11.1 Å². The van der Waals surface area contributed by atoms with Crippen LogP contribution in [-0.4, -0.2) is 60.3 Å². The second-order valence-electron chi connectivity index (χ2n) is 7.55. The number of fused-ring (bicyclic) bond motifs is 5. The molecule has 0 unspecified atom stereocenters. The van der Waals surface area contributed by atoms with Gasteiger partial charge in [-0.15, -0.1) is 5.10 Å². The molecular weight excluding hydrogens is 400 g/mol. The topological polar surface area (TPSA) is 137 Å². The summed E-state index contributed by atoms with van der Waals surface area (Å²) in [6.07, 6.45) is 0. The van der Waals surface area contributed by atoms with E-state index in [1.54, 1.807) is 18.8 Å². The fourth-order valence-corrected chi connectivity index (χ4v) is 3.73. The molecule has 160 valence electrons. The van der Waals surface area contributed by atoms with Crippen LogP contribution in [-0.2, 0) is 25.4 Å². The Morgan fingerprint density at radius 2 is 2.00 bits per heavy atom. The minimum atomic E-state index is -0.278. The maximum absolute atomic E-state index is 13.0. The third kappa shape index (κ3) is 3.20. The van der Waals surface area contributed by atoms with Crippen molar-refractivity contribution < 1.29 is 9.53 Å². The molecule has 1 aliphatic rings. The molecule has 0 aliphatic carbocycles. The lowest BCUT2D eigenvalue weighted by Crippen LogP contribution is -2.37. The number of aromatic nitrogens is 7. The number of aryl methyl sites for hydroxylation is 2. The highest BCUT2D eigenvalue weighted by molar-refractivity contribution is 6.06. The van der Waals surface area contributed by atoms with Gasteiger partial charge in [-0.25, -0.2) is 9.67 Å². The minimum Gasteiger partial charge on any atom is -0.375 e. The molecule has 3 N–H and O–H groups in total. The minimum absolute atomic E-state index is 0.204. The van der Waals surface area contributed by atoms with Gasteiger partial charge in [0.25, 0.3) is 5.91 Å². The molecule has 4 aromatic rings. The van der Waals surface area contributed by atoms with Crippen LogP contribution >= 0.6 is 0 Å². The van der Waals surface area contributed by atoms with Gasteiger partial charge in [-0.05, 0) is 24.6 Å². The third-order valence-corrected chi connectivity index (χ3v) is 5.17. The van der Waals surface area contributed by atoms with Crippen LogP contribution in [0.2, 0.25) is 0 Å². The molecule has 5 rings (SSSR count). The van der Waals surface area contributed by atoms with Crippen LogP contribution in [0.15, 0.2) is 12.1 Å². The highest BCUT2D eigenvalue weighted by Gasteiger charge is 2.24. The van der Waals surface area contributed by atoms with Crippen LogP contribution in [0.4, 0.5) is 17.5 Å². The van der Waals surface area contributed by atoms with E-state index in [-0.39, 0.29) is 11.9 Å². The predicted octanol–water partition coefficient (Wildman–Crippen LogP) is 1.08. The summed E-state index contributed by atoms with van der Waals surface area (Å²) in [7, 11) is 5.29. The van der Waals surface area contributed by atoms with Gasteiger partial charge in [0.15, 0.2) is 17.0 Å². The van der Waals surface area contributed by atoms with Crippen molar-refractivity contribution in [3.8, 4) is 0 Å². The van der Waals surface area contributed by atoms with Gasteiger partial charge in [-0.3, -0.25) is 9.48 Å². The maximum atomic E-state index is 13.0. The second kappa shape index (κ2) is 7.16. The van der Waals surface area contributed by atoms with E-state index in [2.05, 4.69) is 41.3 Å². The van der Waals surface area contributed by atoms with E-state index >= 15 is 0 Å². The first-order valence-electron chi connectivity index (χ1n) is 9.85. The summed E-state index contributed by atoms with van der Waals surface area (Å²) in [5, 5.41) is 22.1. The standard InChI is InChI=1S/C19H22N10O2/c1-9-7-31-8-10-5-11(13-12(6-10)28(3)27-25-13)22-19-23-14-15(17(20-2)24-19)26-29(4)16(14)18(30)21-9/h5-6,9H,7-8H2,1-4H3,(H,21,30)(H2,20,22,23,24)/t9-/m1/s1. The summed E-state index contributed by atoms with van der Waals surface area (Å²) in [5.74, 6) is 0.547. The van der Waals surface area contributed by atoms with Gasteiger partial charge >= 0.3 is 0 Å². The zero-order chi connectivity index (χ0) is 21.7. The number of hydrogen-bond donors (Lipinski definition) is 3. The Bertz CT molecular complexity index is 1320. The van der Waals surface area contributed by atoms with Gasteiger partial charge in [0.05, 0.1) is 24.4 Å². The Labute approximate surface area is 177 Å². The van der Waals surface area contributed by atoms with Crippen molar-refractivity contribution in [2.45, 2.75) is 19.6 Å². The third-order valence-electron chi connectivity index (χ3n) is 5.17. The average Bonchev–Trinajstić information content (AvgIpc) is 3.26. The number of nitrogens with zero attached hydrogens (tertiary/aromatic N) is 7. The Balaban J connectivity index is 1.75. The fourth-order valence-electron chi connectivity index (χ4n) is 3.73. The van der Waals surface area contributed by atoms with E-state index in [9.17, 15) is 4.79 Å². The van der Waals surface area contributed by atoms with E-state index in [1.165, 1.54) is 4.68 Å². The average molecular weight is 422 g/mol. The van der Waals surface area contributed by atoms with Crippen molar-refractivity contribution in [2.24, 2.45) is 14.1 Å². The van der Waals surface area contributed by atoms with Crippen molar-refractivity contribution in [3.05, 3.63) is 23.4 Å². The van der Waals surface area contributed by atoms with Gasteiger partial charge in [-0.1, -0.05) is 5.21 Å². The largest absolute Gasteiger partial charge is 0.375 e. The van der Waals surface area contributed by atoms with Gasteiger partial charge in [0, 0.05) is 27.2 Å². The summed E-state index contributed by atoms with van der Waals surface area (Å²) < 4.78 is 9.08. The number of ether oxygens (including phenoxy) is 1. The smallest absolute Gasteiger partial charge is 0.272 e. The van der Waals surface area contributed by atoms with Crippen LogP contribution in [0.3, 0.4) is 0 Å². The Hall–Kier alpha value is -3.80. The molecule has 31 heavy (non-hydrogen) atoms. The summed E-state index contributed by atoms with van der Waals surface area (Å²) in [5.41, 5.74) is 4.48. The molecular formula is C19H22N10O2. The van der Waals surface area contributed by atoms with Gasteiger partial charge in [-0.2, -0.15) is 10.1 Å². The molecule has 1 atom stereocenters. The molecule has 1 aromatic carbocycles. The van der Waals surface area contributed by atoms with E-state index in [4.69, 9.17) is 4.74 Å². The quantitative estimate of drug-likeness (QED) is 0.411. The first-order valence-corrected chi connectivity index (χ1v) is 9.85. The molecule has 1 amide bonds. The van der Waals surface area contributed by atoms with Crippen LogP contribution in [0.1, 0.15) is 23.0 Å². The van der Waals surface area contributed by atoms with Gasteiger partial charge in [0.1, 0.15) is 11.0 Å². The molecule has 4 bridgehead atoms. The summed E-state index contributed by atoms with van der Waals surface area (Å²) in [6, 6.07) is 3.73. The molecule has 0 saturated carbocycles. The number of rotatable bonds is 1. The van der Waals surface area contributed by atoms with Crippen LogP contribution in [0.5, 0.6) is 0 Å². The maximum Gasteiger partial charge on any atom is 0.272 e. The second-order valence-corrected chi connectivity index (χ2v) is 7.55. The normalized spacial score (nSPS) is 16.9. The number of carbonyl (C=O) groups is 1. The monoisotopic (exact) mass is 422 g/mol. The molecule has 3 aromatic heterocycles. The highest BCUT2D eigenvalue weighted by atomic mass is 16.5. The van der Waals surface area contributed by atoms with E-state index < -0.39 is 0 Å². The molecule has 0 saturated heterocycles. The molecule has 0 spiro atoms. The van der Waals surface area contributed by atoms with Crippen molar-refractivity contribution in [2.75, 3.05) is 24.3 Å². The zero-order valence-electron chi connectivity index (χ0n) is 17.6. The number of amides is 1. The van der Waals surface area contributed by atoms with Crippen LogP contribution in [0.25, 0.3) is 22.1 Å². The van der Waals surface area contributed by atoms with Gasteiger partial charge < -0.3 is 20.7 Å². The molecule has 1 aliphatic heterocycles. The van der Waals surface area contributed by atoms with E-state index in [0.29, 0.717) is 52.9 Å². The predicted molar refractivity (Wildman–Crippen MR) is 114 cm³/mol. The number of benzene rings is 1. The van der Waals surface area contributed by atoms with Crippen LogP contribution < -0.4 is 16.0 Å². The Morgan fingerprint density at radius 1 is 1.16 bits per heavy atom. The molecule has 0 fully saturated rings. The van der Waals surface area contributed by atoms with Crippen molar-refractivity contribution >= 4 is 45.4 Å². The lowest BCUT2D eigenvalue weighted by molar-refractivity contribution is 0.0814. The number of nitrogens with one attached hydrogen (secondary N) is 3. The summed E-state index contributed by atoms with van der Waals surface area (Å²) >= 11 is 0. The number of anilines is 3. The Morgan fingerprint density at radius 3 is 2.81 bits per heavy atom. The first-order chi connectivity index (χ1) is 14.9. The molecule has 4 heterocycles. The molecule has 12 nitrogen and oxygen atoms in total. The first kappa shape index (κ1) is 19.2. The number of carbonyl (C=O) groups excluding carboxylic acids is 1. The van der Waals surface area contributed by atoms with Crippen molar-refractivity contribution in [1.29, 1.82) is 0 Å². The lowest BCUT2D eigenvalue weighted by Gasteiger charge is -2.16. The van der Waals surface area contributed by atoms with Crippen molar-refractivity contribution in [3.63, 3.8) is 0 Å². The fraction of sp³-hybridized carbons (Fsp3) is 0.368. The summed E-state index contributed by atoms with van der Waals surface area (Å²) in [6.45, 7) is 2.62. The van der Waals surface area contributed by atoms with E-state index in [1.807, 2.05) is 26.1 Å². The lowest BCUT2D eigenvalue weighted by atomic mass is 10.1. The van der Waals surface area contributed by atoms with Gasteiger partial charge in [0.2, 0.25) is 5.95 Å². The van der Waals surface area contributed by atoms with Crippen LogP contribution in [0, 0.1) is 0 Å². The Kier molecular flexibility index (Phi) is 4.43. The molecule has 0 radical (unpaired) electrons. The zero-order valence-corrected chi connectivity index (χ0v) is 17.6. The number of hydrogen-bond acceptors (Lipinski definition) is 9. The molecule has 12 heteroatoms.